The molecule has 0 amide bonds. The highest BCUT2D eigenvalue weighted by Crippen LogP contribution is 2.40. The Morgan fingerprint density at radius 3 is 2.26 bits per heavy atom. The van der Waals surface area contributed by atoms with Gasteiger partial charge in [-0.1, -0.05) is 58.9 Å². The van der Waals surface area contributed by atoms with Crippen LogP contribution < -0.4 is 5.32 Å². The van der Waals surface area contributed by atoms with Crippen molar-refractivity contribution in [3.63, 3.8) is 0 Å². The Bertz CT molecular complexity index is 402. The molecule has 0 bridgehead atoms. The van der Waals surface area contributed by atoms with Gasteiger partial charge in [0.1, 0.15) is 0 Å². The lowest BCUT2D eigenvalue weighted by molar-refractivity contribution is 0.362. The van der Waals surface area contributed by atoms with Crippen LogP contribution in [0.4, 0.5) is 0 Å². The van der Waals surface area contributed by atoms with Crippen molar-refractivity contribution in [3.05, 3.63) is 35.4 Å². The van der Waals surface area contributed by atoms with Gasteiger partial charge in [0.2, 0.25) is 0 Å². The van der Waals surface area contributed by atoms with E-state index in [1.165, 1.54) is 24.0 Å². The van der Waals surface area contributed by atoms with Crippen LogP contribution in [0, 0.1) is 11.3 Å². The molecule has 0 radical (unpaired) electrons. The van der Waals surface area contributed by atoms with Gasteiger partial charge in [-0.25, -0.2) is 0 Å². The minimum Gasteiger partial charge on any atom is -0.310 e. The van der Waals surface area contributed by atoms with Crippen molar-refractivity contribution in [1.29, 1.82) is 0 Å². The van der Waals surface area contributed by atoms with Crippen LogP contribution in [0.2, 0.25) is 0 Å². The quantitative estimate of drug-likeness (QED) is 0.824. The second kappa shape index (κ2) is 5.66. The standard InChI is InChI=1S/C18H29N/c1-13(2)16-8-6-15(7-9-16)12-19-17-11-18(4,5)10-14(17)3/h6-9,13-14,17,19H,10-12H2,1-5H3. The van der Waals surface area contributed by atoms with E-state index in [0.717, 1.165) is 12.5 Å². The summed E-state index contributed by atoms with van der Waals surface area (Å²) >= 11 is 0. The first-order valence-electron chi connectivity index (χ1n) is 7.69. The topological polar surface area (TPSA) is 12.0 Å². The van der Waals surface area contributed by atoms with Crippen molar-refractivity contribution in [1.82, 2.24) is 5.32 Å². The lowest BCUT2D eigenvalue weighted by Crippen LogP contribution is -2.31. The maximum Gasteiger partial charge on any atom is 0.0208 e. The molecule has 2 unspecified atom stereocenters. The molecule has 0 heterocycles. The molecule has 1 aromatic carbocycles. The molecule has 1 N–H and O–H groups in total. The number of hydrogen-bond acceptors (Lipinski definition) is 1. The van der Waals surface area contributed by atoms with E-state index in [1.54, 1.807) is 0 Å². The number of benzene rings is 1. The lowest BCUT2D eigenvalue weighted by atomic mass is 9.91. The maximum absolute atomic E-state index is 3.75. The molecule has 0 saturated heterocycles. The molecular formula is C18H29N. The van der Waals surface area contributed by atoms with E-state index in [9.17, 15) is 0 Å². The zero-order valence-electron chi connectivity index (χ0n) is 13.2. The van der Waals surface area contributed by atoms with E-state index < -0.39 is 0 Å². The molecule has 19 heavy (non-hydrogen) atoms. The molecule has 2 atom stereocenters. The van der Waals surface area contributed by atoms with Crippen LogP contribution in [-0.2, 0) is 6.54 Å². The van der Waals surface area contributed by atoms with Gasteiger partial charge in [-0.05, 0) is 41.2 Å². The first kappa shape index (κ1) is 14.6. The van der Waals surface area contributed by atoms with E-state index in [1.807, 2.05) is 0 Å². The van der Waals surface area contributed by atoms with Gasteiger partial charge in [-0.2, -0.15) is 0 Å². The summed E-state index contributed by atoms with van der Waals surface area (Å²) in [5, 5.41) is 3.75. The lowest BCUT2D eigenvalue weighted by Gasteiger charge is -2.19. The fraction of sp³-hybridized carbons (Fsp3) is 0.667. The van der Waals surface area contributed by atoms with Gasteiger partial charge >= 0.3 is 0 Å². The Labute approximate surface area is 118 Å². The van der Waals surface area contributed by atoms with E-state index in [0.29, 0.717) is 17.4 Å². The smallest absolute Gasteiger partial charge is 0.0208 e. The minimum atomic E-state index is 0.512. The summed E-state index contributed by atoms with van der Waals surface area (Å²) < 4.78 is 0. The van der Waals surface area contributed by atoms with Crippen molar-refractivity contribution in [2.24, 2.45) is 11.3 Å². The number of rotatable bonds is 4. The van der Waals surface area contributed by atoms with Gasteiger partial charge in [0.05, 0.1) is 0 Å². The van der Waals surface area contributed by atoms with Crippen LogP contribution in [0.1, 0.15) is 64.5 Å². The third kappa shape index (κ3) is 3.82. The average molecular weight is 259 g/mol. The van der Waals surface area contributed by atoms with Gasteiger partial charge < -0.3 is 5.32 Å². The highest BCUT2D eigenvalue weighted by molar-refractivity contribution is 5.24. The Morgan fingerprint density at radius 1 is 1.16 bits per heavy atom. The van der Waals surface area contributed by atoms with E-state index in [4.69, 9.17) is 0 Å². The average Bonchev–Trinajstić information content (AvgIpc) is 2.60. The molecule has 106 valence electrons. The zero-order valence-corrected chi connectivity index (χ0v) is 13.2. The summed E-state index contributed by atoms with van der Waals surface area (Å²) in [6.45, 7) is 12.7. The van der Waals surface area contributed by atoms with E-state index >= 15 is 0 Å². The monoisotopic (exact) mass is 259 g/mol. The summed E-state index contributed by atoms with van der Waals surface area (Å²) in [6, 6.07) is 9.76. The van der Waals surface area contributed by atoms with Gasteiger partial charge in [0.25, 0.3) is 0 Å². The predicted octanol–water partition coefficient (Wildman–Crippen LogP) is 4.72. The summed E-state index contributed by atoms with van der Waals surface area (Å²) in [5.41, 5.74) is 3.35. The first-order chi connectivity index (χ1) is 8.87. The van der Waals surface area contributed by atoms with E-state index in [2.05, 4.69) is 64.2 Å². The second-order valence-corrected chi connectivity index (χ2v) is 7.43. The normalized spacial score (nSPS) is 26.0. The second-order valence-electron chi connectivity index (χ2n) is 7.43. The first-order valence-corrected chi connectivity index (χ1v) is 7.69. The van der Waals surface area contributed by atoms with Gasteiger partial charge in [0, 0.05) is 12.6 Å². The Hall–Kier alpha value is -0.820. The predicted molar refractivity (Wildman–Crippen MR) is 83.3 cm³/mol. The third-order valence-corrected chi connectivity index (χ3v) is 4.55. The molecular weight excluding hydrogens is 230 g/mol. The number of nitrogens with one attached hydrogen (secondary N) is 1. The van der Waals surface area contributed by atoms with Gasteiger partial charge in [-0.3, -0.25) is 0 Å². The van der Waals surface area contributed by atoms with E-state index in [-0.39, 0.29) is 0 Å². The molecule has 0 aliphatic heterocycles. The highest BCUT2D eigenvalue weighted by atomic mass is 14.9. The van der Waals surface area contributed by atoms with Crippen molar-refractivity contribution < 1.29 is 0 Å². The zero-order chi connectivity index (χ0) is 14.0. The van der Waals surface area contributed by atoms with Crippen LogP contribution in [0.25, 0.3) is 0 Å². The van der Waals surface area contributed by atoms with Crippen LogP contribution in [0.3, 0.4) is 0 Å². The minimum absolute atomic E-state index is 0.512. The number of hydrogen-bond donors (Lipinski definition) is 1. The van der Waals surface area contributed by atoms with Crippen LogP contribution in [0.5, 0.6) is 0 Å². The SMILES string of the molecule is CC(C)c1ccc(CNC2CC(C)(C)CC2C)cc1. The summed E-state index contributed by atoms with van der Waals surface area (Å²) in [6.07, 6.45) is 2.65. The summed E-state index contributed by atoms with van der Waals surface area (Å²) in [4.78, 5) is 0. The van der Waals surface area contributed by atoms with Crippen LogP contribution in [0.15, 0.2) is 24.3 Å². The molecule has 1 aliphatic carbocycles. The molecule has 0 aromatic heterocycles. The molecule has 0 spiro atoms. The van der Waals surface area contributed by atoms with Gasteiger partial charge in [-0.15, -0.1) is 0 Å². The summed E-state index contributed by atoms with van der Waals surface area (Å²) in [7, 11) is 0. The molecule has 1 aliphatic rings. The highest BCUT2D eigenvalue weighted by Gasteiger charge is 2.36. The molecule has 1 heteroatoms. The summed E-state index contributed by atoms with van der Waals surface area (Å²) in [5.74, 6) is 1.42. The molecule has 1 fully saturated rings. The van der Waals surface area contributed by atoms with Crippen molar-refractivity contribution in [3.8, 4) is 0 Å². The Morgan fingerprint density at radius 2 is 1.79 bits per heavy atom. The van der Waals surface area contributed by atoms with Gasteiger partial charge in [0.15, 0.2) is 0 Å². The molecule has 1 saturated carbocycles. The van der Waals surface area contributed by atoms with Crippen LogP contribution >= 0.6 is 0 Å². The maximum atomic E-state index is 3.75. The fourth-order valence-corrected chi connectivity index (χ4v) is 3.44. The van der Waals surface area contributed by atoms with Crippen molar-refractivity contribution >= 4 is 0 Å². The molecule has 1 aromatic rings. The Kier molecular flexibility index (Phi) is 4.35. The molecule has 2 rings (SSSR count). The van der Waals surface area contributed by atoms with Crippen LogP contribution in [-0.4, -0.2) is 6.04 Å². The third-order valence-electron chi connectivity index (χ3n) is 4.55. The Balaban J connectivity index is 1.89. The van der Waals surface area contributed by atoms with Crippen molar-refractivity contribution in [2.75, 3.05) is 0 Å². The largest absolute Gasteiger partial charge is 0.310 e. The van der Waals surface area contributed by atoms with Crippen molar-refractivity contribution in [2.45, 2.75) is 66.0 Å². The molecule has 1 nitrogen and oxygen atoms in total. The fourth-order valence-electron chi connectivity index (χ4n) is 3.44.